The topological polar surface area (TPSA) is 37.3 Å². The van der Waals surface area contributed by atoms with Crippen molar-refractivity contribution in [3.05, 3.63) is 28.2 Å². The Kier molecular flexibility index (Phi) is 2.57. The van der Waals surface area contributed by atoms with Crippen molar-refractivity contribution in [1.82, 2.24) is 0 Å². The molecule has 0 aliphatic rings. The van der Waals surface area contributed by atoms with E-state index in [4.69, 9.17) is 5.11 Å². The molecule has 0 saturated carbocycles. The number of thiol groups is 1. The smallest absolute Gasteiger partial charge is 0.336 e. The lowest BCUT2D eigenvalue weighted by Gasteiger charge is -1.99. The van der Waals surface area contributed by atoms with Gasteiger partial charge in [0.15, 0.2) is 0 Å². The number of carboxylic acid groups (broad SMARTS) is 1. The zero-order chi connectivity index (χ0) is 8.43. The molecule has 0 heterocycles. The van der Waals surface area contributed by atoms with E-state index >= 15 is 0 Å². The fourth-order valence-electron chi connectivity index (χ4n) is 0.688. The third-order valence-electron chi connectivity index (χ3n) is 1.22. The molecule has 0 aliphatic carbocycles. The lowest BCUT2D eigenvalue weighted by atomic mass is 10.2. The second kappa shape index (κ2) is 3.28. The lowest BCUT2D eigenvalue weighted by Crippen LogP contribution is -1.97. The Bertz CT molecular complexity index is 298. The van der Waals surface area contributed by atoms with Gasteiger partial charge in [-0.05, 0) is 28.1 Å². The minimum atomic E-state index is -0.962. The predicted molar refractivity (Wildman–Crippen MR) is 48.4 cm³/mol. The molecule has 0 bridgehead atoms. The van der Waals surface area contributed by atoms with Crippen LogP contribution in [0.2, 0.25) is 0 Å². The van der Waals surface area contributed by atoms with Crippen molar-refractivity contribution >= 4 is 34.5 Å². The van der Waals surface area contributed by atoms with E-state index < -0.39 is 5.97 Å². The lowest BCUT2D eigenvalue weighted by molar-refractivity contribution is 0.0693. The Hall–Kier alpha value is -0.480. The molecule has 0 fully saturated rings. The Morgan fingerprint density at radius 3 is 2.64 bits per heavy atom. The van der Waals surface area contributed by atoms with Crippen LogP contribution in [0.15, 0.2) is 27.6 Å². The van der Waals surface area contributed by atoms with Gasteiger partial charge in [0.25, 0.3) is 0 Å². The number of benzene rings is 1. The Morgan fingerprint density at radius 2 is 2.18 bits per heavy atom. The molecule has 0 radical (unpaired) electrons. The van der Waals surface area contributed by atoms with Crippen molar-refractivity contribution in [2.45, 2.75) is 4.90 Å². The van der Waals surface area contributed by atoms with Crippen LogP contribution in [0.1, 0.15) is 10.4 Å². The summed E-state index contributed by atoms with van der Waals surface area (Å²) in [6, 6.07) is 4.91. The van der Waals surface area contributed by atoms with Crippen molar-refractivity contribution in [2.24, 2.45) is 0 Å². The Morgan fingerprint density at radius 1 is 1.55 bits per heavy atom. The minimum Gasteiger partial charge on any atom is -0.478 e. The van der Waals surface area contributed by atoms with Crippen molar-refractivity contribution in [1.29, 1.82) is 0 Å². The molecule has 1 aromatic carbocycles. The number of carboxylic acids is 1. The normalized spacial score (nSPS) is 9.64. The summed E-state index contributed by atoms with van der Waals surface area (Å²) in [6.07, 6.45) is 0. The van der Waals surface area contributed by atoms with Gasteiger partial charge in [-0.2, -0.15) is 0 Å². The highest BCUT2D eigenvalue weighted by Gasteiger charge is 2.08. The zero-order valence-electron chi connectivity index (χ0n) is 5.41. The first kappa shape index (κ1) is 8.62. The molecule has 2 nitrogen and oxygen atoms in total. The summed E-state index contributed by atoms with van der Waals surface area (Å²) in [6.45, 7) is 0. The molecule has 0 saturated heterocycles. The van der Waals surface area contributed by atoms with Gasteiger partial charge in [-0.3, -0.25) is 0 Å². The molecule has 0 aromatic heterocycles. The van der Waals surface area contributed by atoms with Crippen molar-refractivity contribution in [3.8, 4) is 0 Å². The van der Waals surface area contributed by atoms with Crippen molar-refractivity contribution < 1.29 is 9.90 Å². The van der Waals surface area contributed by atoms with Gasteiger partial charge < -0.3 is 5.11 Å². The summed E-state index contributed by atoms with van der Waals surface area (Å²) >= 11 is 7.20. The minimum absolute atomic E-state index is 0.211. The van der Waals surface area contributed by atoms with Gasteiger partial charge >= 0.3 is 5.97 Å². The average Bonchev–Trinajstić information content (AvgIpc) is 1.94. The van der Waals surface area contributed by atoms with E-state index in [1.165, 1.54) is 6.07 Å². The molecular formula is C7H5BrO2S. The summed E-state index contributed by atoms with van der Waals surface area (Å²) in [7, 11) is 0. The van der Waals surface area contributed by atoms with E-state index in [0.717, 1.165) is 0 Å². The summed E-state index contributed by atoms with van der Waals surface area (Å²) in [5.41, 5.74) is 0.211. The van der Waals surface area contributed by atoms with E-state index in [-0.39, 0.29) is 5.56 Å². The third-order valence-corrected chi connectivity index (χ3v) is 2.67. The fraction of sp³-hybridized carbons (Fsp3) is 0. The molecule has 11 heavy (non-hydrogen) atoms. The zero-order valence-corrected chi connectivity index (χ0v) is 7.89. The molecule has 0 aliphatic heterocycles. The predicted octanol–water partition coefficient (Wildman–Crippen LogP) is 2.44. The Labute approximate surface area is 77.8 Å². The van der Waals surface area contributed by atoms with Gasteiger partial charge in [-0.1, -0.05) is 6.07 Å². The summed E-state index contributed by atoms with van der Waals surface area (Å²) < 4.78 is 0.695. The highest BCUT2D eigenvalue weighted by molar-refractivity contribution is 9.10. The van der Waals surface area contributed by atoms with Crippen LogP contribution in [-0.4, -0.2) is 11.1 Å². The van der Waals surface area contributed by atoms with Crippen LogP contribution in [0, 0.1) is 0 Å². The number of rotatable bonds is 1. The second-order valence-electron chi connectivity index (χ2n) is 1.94. The van der Waals surface area contributed by atoms with Gasteiger partial charge in [0.2, 0.25) is 0 Å². The molecule has 1 N–H and O–H groups in total. The van der Waals surface area contributed by atoms with Gasteiger partial charge in [-0.15, -0.1) is 12.6 Å². The molecular weight excluding hydrogens is 228 g/mol. The average molecular weight is 233 g/mol. The first-order chi connectivity index (χ1) is 5.13. The largest absolute Gasteiger partial charge is 0.478 e. The third kappa shape index (κ3) is 1.75. The van der Waals surface area contributed by atoms with Crippen LogP contribution in [0.25, 0.3) is 0 Å². The highest BCUT2D eigenvalue weighted by atomic mass is 79.9. The molecule has 58 valence electrons. The van der Waals surface area contributed by atoms with Crippen molar-refractivity contribution in [3.63, 3.8) is 0 Å². The molecule has 4 heteroatoms. The Balaban J connectivity index is 3.27. The first-order valence-corrected chi connectivity index (χ1v) is 4.07. The summed E-state index contributed by atoms with van der Waals surface area (Å²) in [5, 5.41) is 8.62. The quantitative estimate of drug-likeness (QED) is 0.731. The maximum atomic E-state index is 10.5. The van der Waals surface area contributed by atoms with E-state index in [1.807, 2.05) is 0 Å². The number of aromatic carboxylic acids is 1. The number of carbonyl (C=O) groups is 1. The summed E-state index contributed by atoms with van der Waals surface area (Å²) in [5.74, 6) is -0.962. The van der Waals surface area contributed by atoms with Crippen LogP contribution < -0.4 is 0 Å². The maximum Gasteiger partial charge on any atom is 0.336 e. The second-order valence-corrected chi connectivity index (χ2v) is 3.24. The summed E-state index contributed by atoms with van der Waals surface area (Å²) in [4.78, 5) is 11.0. The molecule has 0 atom stereocenters. The van der Waals surface area contributed by atoms with Crippen LogP contribution in [0.3, 0.4) is 0 Å². The highest BCUT2D eigenvalue weighted by Crippen LogP contribution is 2.23. The standard InChI is InChI=1S/C7H5BrO2S/c8-5-3-1-2-4(6(5)11)7(9)10/h1-3,11H,(H,9,10). The van der Waals surface area contributed by atoms with Gasteiger partial charge in [0, 0.05) is 9.37 Å². The molecule has 0 spiro atoms. The van der Waals surface area contributed by atoms with Gasteiger partial charge in [-0.25, -0.2) is 4.79 Å². The molecule has 0 amide bonds. The van der Waals surface area contributed by atoms with E-state index in [1.54, 1.807) is 12.1 Å². The van der Waals surface area contributed by atoms with Gasteiger partial charge in [0.1, 0.15) is 0 Å². The van der Waals surface area contributed by atoms with Crippen molar-refractivity contribution in [2.75, 3.05) is 0 Å². The van der Waals surface area contributed by atoms with E-state index in [0.29, 0.717) is 9.37 Å². The van der Waals surface area contributed by atoms with E-state index in [2.05, 4.69) is 28.6 Å². The number of halogens is 1. The number of hydrogen-bond donors (Lipinski definition) is 2. The molecule has 1 rings (SSSR count). The fourth-order valence-corrected chi connectivity index (χ4v) is 1.30. The van der Waals surface area contributed by atoms with Gasteiger partial charge in [0.05, 0.1) is 5.56 Å². The maximum absolute atomic E-state index is 10.5. The van der Waals surface area contributed by atoms with Crippen LogP contribution in [0.4, 0.5) is 0 Å². The van der Waals surface area contributed by atoms with Crippen LogP contribution >= 0.6 is 28.6 Å². The first-order valence-electron chi connectivity index (χ1n) is 2.83. The number of hydrogen-bond acceptors (Lipinski definition) is 2. The monoisotopic (exact) mass is 232 g/mol. The SMILES string of the molecule is O=C(O)c1cccc(Br)c1S. The van der Waals surface area contributed by atoms with Crippen LogP contribution in [-0.2, 0) is 0 Å². The van der Waals surface area contributed by atoms with Crippen LogP contribution in [0.5, 0.6) is 0 Å². The molecule has 1 aromatic rings. The van der Waals surface area contributed by atoms with E-state index in [9.17, 15) is 4.79 Å². The molecule has 0 unspecified atom stereocenters.